The third-order valence-electron chi connectivity index (χ3n) is 4.77. The van der Waals surface area contributed by atoms with Crippen molar-refractivity contribution in [2.24, 2.45) is 11.7 Å². The summed E-state index contributed by atoms with van der Waals surface area (Å²) in [6, 6.07) is 0.822. The minimum atomic E-state index is 0.701. The molecule has 0 spiro atoms. The van der Waals surface area contributed by atoms with Gasteiger partial charge in [-0.15, -0.1) is 11.3 Å². The second-order valence-corrected chi connectivity index (χ2v) is 7.19. The molecule has 0 radical (unpaired) electrons. The van der Waals surface area contributed by atoms with Crippen molar-refractivity contribution in [3.63, 3.8) is 0 Å². The molecule has 1 aromatic heterocycles. The van der Waals surface area contributed by atoms with Gasteiger partial charge in [-0.2, -0.15) is 0 Å². The zero-order valence-electron chi connectivity index (χ0n) is 12.4. The summed E-state index contributed by atoms with van der Waals surface area (Å²) in [7, 11) is 2.30. The Balaban J connectivity index is 1.56. The second kappa shape index (κ2) is 6.52. The van der Waals surface area contributed by atoms with Crippen LogP contribution in [0.15, 0.2) is 5.38 Å². The molecular formula is C15H26N4S. The number of hydrogen-bond acceptors (Lipinski definition) is 5. The van der Waals surface area contributed by atoms with Crippen LogP contribution in [-0.2, 0) is 13.0 Å². The monoisotopic (exact) mass is 294 g/mol. The van der Waals surface area contributed by atoms with Crippen LogP contribution in [0.25, 0.3) is 0 Å². The van der Waals surface area contributed by atoms with Gasteiger partial charge in [0.25, 0.3) is 0 Å². The van der Waals surface area contributed by atoms with E-state index < -0.39 is 0 Å². The summed E-state index contributed by atoms with van der Waals surface area (Å²) in [5.41, 5.74) is 6.83. The fraction of sp³-hybridized carbons (Fsp3) is 0.800. The summed E-state index contributed by atoms with van der Waals surface area (Å²) >= 11 is 1.76. The number of fused-ring (bicyclic) bond motifs is 1. The highest BCUT2D eigenvalue weighted by Gasteiger charge is 2.34. The minimum absolute atomic E-state index is 0.701. The summed E-state index contributed by atoms with van der Waals surface area (Å²) in [5, 5.41) is 3.40. The van der Waals surface area contributed by atoms with Crippen molar-refractivity contribution in [2.45, 2.75) is 38.3 Å². The minimum Gasteiger partial charge on any atom is -0.330 e. The van der Waals surface area contributed by atoms with E-state index in [1.807, 2.05) is 0 Å². The molecule has 3 rings (SSSR count). The first kappa shape index (κ1) is 14.4. The number of nitrogens with two attached hydrogens (primary N) is 1. The summed E-state index contributed by atoms with van der Waals surface area (Å²) < 4.78 is 0. The molecule has 2 fully saturated rings. The quantitative estimate of drug-likeness (QED) is 0.915. The van der Waals surface area contributed by atoms with Crippen LogP contribution < -0.4 is 5.73 Å². The summed E-state index contributed by atoms with van der Waals surface area (Å²) in [4.78, 5) is 9.88. The van der Waals surface area contributed by atoms with Gasteiger partial charge in [0.2, 0.25) is 0 Å². The van der Waals surface area contributed by atoms with Gasteiger partial charge in [-0.3, -0.25) is 4.90 Å². The van der Waals surface area contributed by atoms with Crippen molar-refractivity contribution >= 4 is 11.3 Å². The largest absolute Gasteiger partial charge is 0.330 e. The average Bonchev–Trinajstić information content (AvgIpc) is 2.87. The third kappa shape index (κ3) is 3.22. The van der Waals surface area contributed by atoms with Crippen molar-refractivity contribution in [2.75, 3.05) is 33.2 Å². The number of nitrogens with zero attached hydrogens (tertiary/aromatic N) is 3. The predicted molar refractivity (Wildman–Crippen MR) is 83.9 cm³/mol. The molecule has 4 nitrogen and oxygen atoms in total. The van der Waals surface area contributed by atoms with E-state index in [1.54, 1.807) is 11.3 Å². The van der Waals surface area contributed by atoms with Gasteiger partial charge in [0, 0.05) is 37.5 Å². The van der Waals surface area contributed by atoms with E-state index in [1.165, 1.54) is 49.6 Å². The van der Waals surface area contributed by atoms with Crippen LogP contribution in [0.1, 0.15) is 30.0 Å². The lowest BCUT2D eigenvalue weighted by molar-refractivity contribution is 0.0351. The molecule has 1 aromatic rings. The van der Waals surface area contributed by atoms with Crippen LogP contribution in [0.4, 0.5) is 0 Å². The first-order valence-corrected chi connectivity index (χ1v) is 8.70. The summed E-state index contributed by atoms with van der Waals surface area (Å²) in [5.74, 6) is 0.865. The number of rotatable bonds is 4. The highest BCUT2D eigenvalue weighted by Crippen LogP contribution is 2.30. The number of thiazole rings is 1. The molecule has 0 saturated carbocycles. The van der Waals surface area contributed by atoms with Crippen molar-refractivity contribution in [1.29, 1.82) is 0 Å². The molecule has 0 aliphatic carbocycles. The van der Waals surface area contributed by atoms with Gasteiger partial charge in [-0.25, -0.2) is 4.98 Å². The lowest BCUT2D eigenvalue weighted by Crippen LogP contribution is -2.52. The second-order valence-electron chi connectivity index (χ2n) is 6.25. The SMILES string of the molecule is CN1CCCC2CN(Cc3csc(CCN)n3)CCC21. The molecule has 2 N–H and O–H groups in total. The van der Waals surface area contributed by atoms with Crippen LogP contribution in [0.2, 0.25) is 0 Å². The van der Waals surface area contributed by atoms with Crippen LogP contribution in [-0.4, -0.2) is 54.1 Å². The van der Waals surface area contributed by atoms with Crippen molar-refractivity contribution in [3.05, 3.63) is 16.1 Å². The molecule has 2 saturated heterocycles. The van der Waals surface area contributed by atoms with Crippen molar-refractivity contribution in [3.8, 4) is 0 Å². The van der Waals surface area contributed by atoms with Crippen molar-refractivity contribution in [1.82, 2.24) is 14.8 Å². The Morgan fingerprint density at radius 3 is 3.15 bits per heavy atom. The van der Waals surface area contributed by atoms with E-state index in [4.69, 9.17) is 10.7 Å². The molecule has 2 aliphatic rings. The van der Waals surface area contributed by atoms with Gasteiger partial charge >= 0.3 is 0 Å². The Morgan fingerprint density at radius 1 is 1.40 bits per heavy atom. The zero-order chi connectivity index (χ0) is 13.9. The first-order chi connectivity index (χ1) is 9.76. The molecule has 112 valence electrons. The molecule has 2 aliphatic heterocycles. The van der Waals surface area contributed by atoms with Gasteiger partial charge in [0.05, 0.1) is 10.7 Å². The molecule has 5 heteroatoms. The van der Waals surface area contributed by atoms with Crippen LogP contribution >= 0.6 is 11.3 Å². The van der Waals surface area contributed by atoms with Gasteiger partial charge in [0.15, 0.2) is 0 Å². The van der Waals surface area contributed by atoms with E-state index in [0.717, 1.165) is 24.9 Å². The van der Waals surface area contributed by atoms with E-state index in [-0.39, 0.29) is 0 Å². The Labute approximate surface area is 126 Å². The van der Waals surface area contributed by atoms with Gasteiger partial charge < -0.3 is 10.6 Å². The topological polar surface area (TPSA) is 45.4 Å². The molecule has 0 amide bonds. The maximum absolute atomic E-state index is 5.59. The Morgan fingerprint density at radius 2 is 2.30 bits per heavy atom. The highest BCUT2D eigenvalue weighted by molar-refractivity contribution is 7.09. The Hall–Kier alpha value is -0.490. The number of piperidine rings is 2. The standard InChI is InChI=1S/C15H26N4S/c1-18-7-2-3-12-9-19(8-5-14(12)18)10-13-11-20-15(17-13)4-6-16/h11-12,14H,2-10,16H2,1H3. The molecule has 3 heterocycles. The number of likely N-dealkylation sites (tertiary alicyclic amines) is 2. The van der Waals surface area contributed by atoms with E-state index in [2.05, 4.69) is 22.2 Å². The maximum Gasteiger partial charge on any atom is 0.0941 e. The molecule has 0 aromatic carbocycles. The Kier molecular flexibility index (Phi) is 4.71. The third-order valence-corrected chi connectivity index (χ3v) is 5.73. The van der Waals surface area contributed by atoms with Crippen LogP contribution in [0.3, 0.4) is 0 Å². The maximum atomic E-state index is 5.59. The normalized spacial score (nSPS) is 28.5. The molecular weight excluding hydrogens is 268 g/mol. The van der Waals surface area contributed by atoms with Crippen LogP contribution in [0.5, 0.6) is 0 Å². The Bertz CT molecular complexity index is 433. The lowest BCUT2D eigenvalue weighted by atomic mass is 9.84. The van der Waals surface area contributed by atoms with Crippen molar-refractivity contribution < 1.29 is 0 Å². The smallest absolute Gasteiger partial charge is 0.0941 e. The highest BCUT2D eigenvalue weighted by atomic mass is 32.1. The average molecular weight is 294 g/mol. The van der Waals surface area contributed by atoms with Gasteiger partial charge in [-0.05, 0) is 45.3 Å². The predicted octanol–water partition coefficient (Wildman–Crippen LogP) is 1.56. The fourth-order valence-electron chi connectivity index (χ4n) is 3.76. The van der Waals surface area contributed by atoms with Gasteiger partial charge in [-0.1, -0.05) is 0 Å². The number of hydrogen-bond donors (Lipinski definition) is 1. The van der Waals surface area contributed by atoms with Crippen LogP contribution in [0, 0.1) is 5.92 Å². The van der Waals surface area contributed by atoms with E-state index in [0.29, 0.717) is 6.54 Å². The van der Waals surface area contributed by atoms with E-state index >= 15 is 0 Å². The molecule has 2 atom stereocenters. The molecule has 0 bridgehead atoms. The lowest BCUT2D eigenvalue weighted by Gasteiger charge is -2.45. The molecule has 2 unspecified atom stereocenters. The molecule has 20 heavy (non-hydrogen) atoms. The fourth-order valence-corrected chi connectivity index (χ4v) is 4.57. The van der Waals surface area contributed by atoms with E-state index in [9.17, 15) is 0 Å². The summed E-state index contributed by atoms with van der Waals surface area (Å²) in [6.45, 7) is 5.48. The first-order valence-electron chi connectivity index (χ1n) is 7.82. The zero-order valence-corrected chi connectivity index (χ0v) is 13.2. The summed E-state index contributed by atoms with van der Waals surface area (Å²) in [6.07, 6.45) is 5.00. The number of aromatic nitrogens is 1. The van der Waals surface area contributed by atoms with Gasteiger partial charge in [0.1, 0.15) is 0 Å².